The number of fused-ring (bicyclic) bond motifs is 1. The highest BCUT2D eigenvalue weighted by Crippen LogP contribution is 2.29. The van der Waals surface area contributed by atoms with Crippen LogP contribution in [-0.4, -0.2) is 96.2 Å². The van der Waals surface area contributed by atoms with Crippen LogP contribution in [0.15, 0.2) is 54.6 Å². The SMILES string of the molecule is CC(C)c1cc(C(=O)/C=C/C(=O)N2CCC(N3CCN(C)CC3)CC2)ccc1OCC(=O)Nc1nc2ccccc2s1. The molecule has 0 aliphatic carbocycles. The van der Waals surface area contributed by atoms with Crippen LogP contribution in [0.3, 0.4) is 0 Å². The number of hydrogen-bond acceptors (Lipinski definition) is 8. The van der Waals surface area contributed by atoms with Gasteiger partial charge in [0.1, 0.15) is 5.75 Å². The Labute approximate surface area is 251 Å². The lowest BCUT2D eigenvalue weighted by atomic mass is 9.97. The Morgan fingerprint density at radius 3 is 2.48 bits per heavy atom. The Kier molecular flexibility index (Phi) is 9.66. The van der Waals surface area contributed by atoms with Crippen LogP contribution in [0.4, 0.5) is 5.13 Å². The van der Waals surface area contributed by atoms with Crippen LogP contribution in [-0.2, 0) is 9.59 Å². The van der Waals surface area contributed by atoms with Crippen LogP contribution in [0.1, 0.15) is 48.5 Å². The number of thiazole rings is 1. The van der Waals surface area contributed by atoms with E-state index >= 15 is 0 Å². The number of ketones is 1. The largest absolute Gasteiger partial charge is 0.483 e. The first-order valence-electron chi connectivity index (χ1n) is 14.6. The van der Waals surface area contributed by atoms with E-state index in [1.165, 1.54) is 23.5 Å². The van der Waals surface area contributed by atoms with Gasteiger partial charge in [0.15, 0.2) is 17.5 Å². The molecule has 222 valence electrons. The van der Waals surface area contributed by atoms with Crippen molar-refractivity contribution in [2.75, 3.05) is 58.2 Å². The van der Waals surface area contributed by atoms with Crippen molar-refractivity contribution >= 4 is 44.3 Å². The van der Waals surface area contributed by atoms with Gasteiger partial charge < -0.3 is 14.5 Å². The summed E-state index contributed by atoms with van der Waals surface area (Å²) >= 11 is 1.41. The molecule has 0 spiro atoms. The van der Waals surface area contributed by atoms with Crippen molar-refractivity contribution in [1.29, 1.82) is 0 Å². The average Bonchev–Trinajstić information content (AvgIpc) is 3.41. The first kappa shape index (κ1) is 29.9. The molecule has 3 aromatic rings. The van der Waals surface area contributed by atoms with Crippen molar-refractivity contribution in [1.82, 2.24) is 19.7 Å². The lowest BCUT2D eigenvalue weighted by molar-refractivity contribution is -0.127. The summed E-state index contributed by atoms with van der Waals surface area (Å²) in [5, 5.41) is 3.32. The maximum Gasteiger partial charge on any atom is 0.264 e. The number of nitrogens with one attached hydrogen (secondary N) is 1. The van der Waals surface area contributed by atoms with Crippen LogP contribution in [0.2, 0.25) is 0 Å². The molecule has 2 aromatic carbocycles. The molecule has 2 amide bonds. The molecule has 5 rings (SSSR count). The van der Waals surface area contributed by atoms with Crippen molar-refractivity contribution in [2.45, 2.75) is 38.6 Å². The van der Waals surface area contributed by atoms with Gasteiger partial charge in [0, 0.05) is 56.9 Å². The van der Waals surface area contributed by atoms with E-state index in [-0.39, 0.29) is 30.1 Å². The molecule has 3 heterocycles. The first-order valence-corrected chi connectivity index (χ1v) is 15.4. The molecule has 1 aromatic heterocycles. The maximum absolute atomic E-state index is 13.0. The summed E-state index contributed by atoms with van der Waals surface area (Å²) in [5.41, 5.74) is 2.13. The molecule has 0 radical (unpaired) electrons. The Bertz CT molecular complexity index is 1420. The van der Waals surface area contributed by atoms with E-state index in [2.05, 4.69) is 27.1 Å². The Morgan fingerprint density at radius 1 is 1.02 bits per heavy atom. The number of hydrogen-bond donors (Lipinski definition) is 1. The molecule has 42 heavy (non-hydrogen) atoms. The zero-order valence-electron chi connectivity index (χ0n) is 24.5. The third kappa shape index (κ3) is 7.42. The van der Waals surface area contributed by atoms with Crippen LogP contribution in [0.25, 0.3) is 10.2 Å². The highest BCUT2D eigenvalue weighted by Gasteiger charge is 2.28. The lowest BCUT2D eigenvalue weighted by Crippen LogP contribution is -2.52. The highest BCUT2D eigenvalue weighted by atomic mass is 32.1. The number of rotatable bonds is 9. The fourth-order valence-corrected chi connectivity index (χ4v) is 6.38. The number of benzene rings is 2. The predicted octanol–water partition coefficient (Wildman–Crippen LogP) is 4.41. The summed E-state index contributed by atoms with van der Waals surface area (Å²) in [6.45, 7) is 9.61. The Morgan fingerprint density at radius 2 is 1.76 bits per heavy atom. The number of nitrogens with zero attached hydrogens (tertiary/aromatic N) is 4. The Balaban J connectivity index is 1.13. The number of piperazine rings is 1. The lowest BCUT2D eigenvalue weighted by Gasteiger charge is -2.41. The molecule has 9 nitrogen and oxygen atoms in total. The molecule has 0 unspecified atom stereocenters. The monoisotopic (exact) mass is 589 g/mol. The average molecular weight is 590 g/mol. The standard InChI is InChI=1S/C32H39N5O4S/c1-22(2)25-20-23(8-10-28(25)41-21-30(39)34-32-33-26-6-4-5-7-29(26)42-32)27(38)9-11-31(40)37-14-12-24(13-15-37)36-18-16-35(3)17-19-36/h4-11,20,22,24H,12-19,21H2,1-3H3,(H,33,34,39)/b11-9+. The highest BCUT2D eigenvalue weighted by molar-refractivity contribution is 7.22. The number of aromatic nitrogens is 1. The van der Waals surface area contributed by atoms with E-state index in [1.54, 1.807) is 18.2 Å². The van der Waals surface area contributed by atoms with E-state index in [9.17, 15) is 14.4 Å². The number of anilines is 1. The van der Waals surface area contributed by atoms with E-state index < -0.39 is 0 Å². The van der Waals surface area contributed by atoms with Gasteiger partial charge in [-0.15, -0.1) is 0 Å². The number of carbonyl (C=O) groups is 3. The van der Waals surface area contributed by atoms with Gasteiger partial charge >= 0.3 is 0 Å². The van der Waals surface area contributed by atoms with E-state index in [1.807, 2.05) is 43.0 Å². The number of likely N-dealkylation sites (N-methyl/N-ethyl adjacent to an activating group) is 1. The zero-order chi connectivity index (χ0) is 29.6. The minimum absolute atomic E-state index is 0.0623. The van der Waals surface area contributed by atoms with Gasteiger partial charge in [-0.2, -0.15) is 0 Å². The molecule has 1 N–H and O–H groups in total. The van der Waals surface area contributed by atoms with Gasteiger partial charge in [-0.3, -0.25) is 24.6 Å². The second-order valence-electron chi connectivity index (χ2n) is 11.3. The summed E-state index contributed by atoms with van der Waals surface area (Å²) in [6.07, 6.45) is 4.69. The van der Waals surface area contributed by atoms with Gasteiger partial charge in [0.2, 0.25) is 5.91 Å². The second kappa shape index (κ2) is 13.6. The molecule has 0 saturated carbocycles. The number of ether oxygens (including phenoxy) is 1. The van der Waals surface area contributed by atoms with Crippen molar-refractivity contribution in [3.63, 3.8) is 0 Å². The number of piperidine rings is 1. The number of amides is 2. The molecule has 0 atom stereocenters. The minimum Gasteiger partial charge on any atom is -0.483 e. The van der Waals surface area contributed by atoms with Crippen LogP contribution in [0.5, 0.6) is 5.75 Å². The molecule has 0 bridgehead atoms. The van der Waals surface area contributed by atoms with Gasteiger partial charge in [0.25, 0.3) is 5.91 Å². The number of carbonyl (C=O) groups excluding carboxylic acids is 3. The van der Waals surface area contributed by atoms with Crippen LogP contribution in [0, 0.1) is 0 Å². The molecule has 2 fully saturated rings. The molecule has 2 aliphatic rings. The van der Waals surface area contributed by atoms with Crippen molar-refractivity contribution in [3.8, 4) is 5.75 Å². The third-order valence-electron chi connectivity index (χ3n) is 8.02. The van der Waals surface area contributed by atoms with Gasteiger partial charge in [-0.25, -0.2) is 4.98 Å². The number of para-hydroxylation sites is 1. The first-order chi connectivity index (χ1) is 20.3. The minimum atomic E-state index is -0.307. The van der Waals surface area contributed by atoms with E-state index in [0.29, 0.717) is 35.6 Å². The van der Waals surface area contributed by atoms with Gasteiger partial charge in [-0.1, -0.05) is 37.3 Å². The topological polar surface area (TPSA) is 95.1 Å². The Hall–Kier alpha value is -3.60. The fourth-order valence-electron chi connectivity index (χ4n) is 5.50. The third-order valence-corrected chi connectivity index (χ3v) is 8.97. The van der Waals surface area contributed by atoms with E-state index in [0.717, 1.165) is 54.8 Å². The molecular weight excluding hydrogens is 550 g/mol. The summed E-state index contributed by atoms with van der Waals surface area (Å²) < 4.78 is 6.84. The fraction of sp³-hybridized carbons (Fsp3) is 0.438. The normalized spacial score (nSPS) is 17.3. The zero-order valence-corrected chi connectivity index (χ0v) is 25.4. The number of allylic oxidation sites excluding steroid dienone is 1. The smallest absolute Gasteiger partial charge is 0.264 e. The molecule has 2 aliphatic heterocycles. The molecular formula is C32H39N5O4S. The van der Waals surface area contributed by atoms with E-state index in [4.69, 9.17) is 4.74 Å². The predicted molar refractivity (Wildman–Crippen MR) is 166 cm³/mol. The summed E-state index contributed by atoms with van der Waals surface area (Å²) in [4.78, 5) is 49.5. The summed E-state index contributed by atoms with van der Waals surface area (Å²) in [5.74, 6) is -0.0597. The van der Waals surface area contributed by atoms with Crippen LogP contribution >= 0.6 is 11.3 Å². The van der Waals surface area contributed by atoms with Gasteiger partial charge in [0.05, 0.1) is 10.2 Å². The van der Waals surface area contributed by atoms with Crippen molar-refractivity contribution < 1.29 is 19.1 Å². The molecule has 2 saturated heterocycles. The van der Waals surface area contributed by atoms with Crippen LogP contribution < -0.4 is 10.1 Å². The second-order valence-corrected chi connectivity index (χ2v) is 12.4. The maximum atomic E-state index is 13.0. The van der Waals surface area contributed by atoms with Gasteiger partial charge in [-0.05, 0) is 67.8 Å². The quantitative estimate of drug-likeness (QED) is 0.292. The molecule has 10 heteroatoms. The summed E-state index contributed by atoms with van der Waals surface area (Å²) in [7, 11) is 2.16. The van der Waals surface area contributed by atoms with Crippen molar-refractivity contribution in [3.05, 3.63) is 65.7 Å². The van der Waals surface area contributed by atoms with Crippen molar-refractivity contribution in [2.24, 2.45) is 0 Å². The number of likely N-dealkylation sites (tertiary alicyclic amines) is 1. The summed E-state index contributed by atoms with van der Waals surface area (Å²) in [6, 6.07) is 13.4.